The summed E-state index contributed by atoms with van der Waals surface area (Å²) < 4.78 is 10.5. The number of rotatable bonds is 7. The van der Waals surface area contributed by atoms with Crippen molar-refractivity contribution in [3.8, 4) is 0 Å². The summed E-state index contributed by atoms with van der Waals surface area (Å²) in [5.74, 6) is -2.02. The van der Waals surface area contributed by atoms with E-state index in [1.165, 1.54) is 42.5 Å². The molecule has 0 radical (unpaired) electrons. The number of carbonyl (C=O) groups is 3. The van der Waals surface area contributed by atoms with Crippen molar-refractivity contribution in [3.63, 3.8) is 0 Å². The number of nitrogens with one attached hydrogen (secondary N) is 1. The predicted octanol–water partition coefficient (Wildman–Crippen LogP) is 5.03. The van der Waals surface area contributed by atoms with Gasteiger partial charge in [0, 0.05) is 23.5 Å². The maximum absolute atomic E-state index is 12.8. The van der Waals surface area contributed by atoms with E-state index in [0.717, 1.165) is 12.8 Å². The van der Waals surface area contributed by atoms with Gasteiger partial charge < -0.3 is 19.6 Å². The number of hydrogen-bond acceptors (Lipinski definition) is 9. The summed E-state index contributed by atoms with van der Waals surface area (Å²) in [5.41, 5.74) is 1.80. The molecule has 0 spiro atoms. The highest BCUT2D eigenvalue weighted by atomic mass is 16.9. The molecule has 1 aromatic rings. The van der Waals surface area contributed by atoms with Crippen molar-refractivity contribution in [1.82, 2.24) is 10.4 Å². The second-order valence-corrected chi connectivity index (χ2v) is 9.64. The zero-order valence-corrected chi connectivity index (χ0v) is 22.4. The first-order valence-electron chi connectivity index (χ1n) is 12.9. The molecule has 11 nitrogen and oxygen atoms in total. The van der Waals surface area contributed by atoms with Crippen LogP contribution in [0.5, 0.6) is 0 Å². The number of dihydropyridines is 1. The number of hydroxylamine groups is 2. The van der Waals surface area contributed by atoms with E-state index in [-0.39, 0.29) is 35.6 Å². The van der Waals surface area contributed by atoms with Crippen LogP contribution in [0.4, 0.5) is 10.5 Å². The van der Waals surface area contributed by atoms with Gasteiger partial charge in [-0.3, -0.25) is 10.1 Å². The SMILES string of the molecule is CCOC(=O)C1=C(C)NC(C)=C(C(=O)OC(C)C)C1c1cccc([N+](=O)[O-])c1.O=C1ON1C1CCCCC1. The van der Waals surface area contributed by atoms with Crippen molar-refractivity contribution in [2.24, 2.45) is 0 Å². The summed E-state index contributed by atoms with van der Waals surface area (Å²) in [6.45, 7) is 8.68. The lowest BCUT2D eigenvalue weighted by atomic mass is 9.80. The molecule has 38 heavy (non-hydrogen) atoms. The third kappa shape index (κ3) is 6.90. The number of nitrogens with zero attached hydrogens (tertiary/aromatic N) is 2. The van der Waals surface area contributed by atoms with E-state index >= 15 is 0 Å². The molecule has 1 atom stereocenters. The summed E-state index contributed by atoms with van der Waals surface area (Å²) in [5, 5.41) is 15.8. The van der Waals surface area contributed by atoms with Gasteiger partial charge in [-0.05, 0) is 53.0 Å². The van der Waals surface area contributed by atoms with Gasteiger partial charge in [-0.15, -0.1) is 5.06 Å². The Balaban J connectivity index is 0.000000329. The molecule has 1 saturated carbocycles. The summed E-state index contributed by atoms with van der Waals surface area (Å²) in [7, 11) is 0. The van der Waals surface area contributed by atoms with E-state index in [0.29, 0.717) is 23.0 Å². The van der Waals surface area contributed by atoms with Crippen molar-refractivity contribution < 1.29 is 33.6 Å². The number of nitro benzene ring substituents is 1. The minimum absolute atomic E-state index is 0.132. The number of esters is 2. The Kier molecular flexibility index (Phi) is 9.49. The van der Waals surface area contributed by atoms with Gasteiger partial charge in [0.05, 0.1) is 40.7 Å². The van der Waals surface area contributed by atoms with Gasteiger partial charge >= 0.3 is 18.0 Å². The maximum Gasteiger partial charge on any atom is 0.468 e. The fraction of sp³-hybridized carbons (Fsp3) is 0.519. The van der Waals surface area contributed by atoms with Crippen molar-refractivity contribution in [2.75, 3.05) is 6.61 Å². The molecule has 1 amide bonds. The molecule has 1 saturated heterocycles. The molecule has 0 bridgehead atoms. The molecule has 2 aliphatic heterocycles. The first-order valence-corrected chi connectivity index (χ1v) is 12.9. The zero-order chi connectivity index (χ0) is 28.0. The van der Waals surface area contributed by atoms with E-state index in [1.54, 1.807) is 40.7 Å². The van der Waals surface area contributed by atoms with Crippen molar-refractivity contribution in [2.45, 2.75) is 84.8 Å². The second kappa shape index (κ2) is 12.6. The average molecular weight is 530 g/mol. The maximum atomic E-state index is 12.8. The Hall–Kier alpha value is -3.89. The monoisotopic (exact) mass is 529 g/mol. The highest BCUT2D eigenvalue weighted by Crippen LogP contribution is 2.40. The Morgan fingerprint density at radius 3 is 2.26 bits per heavy atom. The average Bonchev–Trinajstić information content (AvgIpc) is 3.60. The largest absolute Gasteiger partial charge is 0.468 e. The van der Waals surface area contributed by atoms with E-state index in [4.69, 9.17) is 9.47 Å². The van der Waals surface area contributed by atoms with Gasteiger partial charge in [-0.1, -0.05) is 31.4 Å². The number of nitro groups is 1. The highest BCUT2D eigenvalue weighted by molar-refractivity contribution is 6.00. The molecule has 4 rings (SSSR count). The number of benzene rings is 1. The van der Waals surface area contributed by atoms with E-state index in [9.17, 15) is 24.5 Å². The van der Waals surface area contributed by atoms with Crippen LogP contribution < -0.4 is 5.32 Å². The molecule has 2 heterocycles. The molecule has 1 N–H and O–H groups in total. The molecular formula is C27H35N3O8. The number of ether oxygens (including phenoxy) is 2. The van der Waals surface area contributed by atoms with Crippen LogP contribution in [-0.4, -0.2) is 46.8 Å². The normalized spacial score (nSPS) is 19.3. The quantitative estimate of drug-likeness (QED) is 0.223. The van der Waals surface area contributed by atoms with Gasteiger partial charge in [0.1, 0.15) is 0 Å². The zero-order valence-electron chi connectivity index (χ0n) is 22.4. The van der Waals surface area contributed by atoms with Gasteiger partial charge in [0.25, 0.3) is 5.69 Å². The molecule has 3 aliphatic rings. The van der Waals surface area contributed by atoms with Crippen LogP contribution in [0.15, 0.2) is 46.8 Å². The highest BCUT2D eigenvalue weighted by Gasteiger charge is 2.41. The van der Waals surface area contributed by atoms with Crippen LogP contribution in [-0.2, 0) is 23.9 Å². The van der Waals surface area contributed by atoms with Crippen molar-refractivity contribution in [3.05, 3.63) is 62.5 Å². The molecule has 2 fully saturated rings. The third-order valence-corrected chi connectivity index (χ3v) is 6.46. The standard InChI is InChI=1S/C20H24N2O6.C7H11NO2/c1-6-27-19(23)16-12(4)21-13(5)17(20(24)28-11(2)3)18(16)14-8-7-9-15(10-14)22(25)26;9-7-8(10-7)6-4-2-1-3-5-6/h7-11,18,21H,6H2,1-5H3;6H,1-5H2. The Morgan fingerprint density at radius 1 is 1.13 bits per heavy atom. The summed E-state index contributed by atoms with van der Waals surface area (Å²) in [6.07, 6.45) is 5.58. The Morgan fingerprint density at radius 2 is 1.74 bits per heavy atom. The summed E-state index contributed by atoms with van der Waals surface area (Å²) >= 11 is 0. The molecule has 1 unspecified atom stereocenters. The smallest absolute Gasteiger partial charge is 0.463 e. The number of hydrogen-bond donors (Lipinski definition) is 1. The fourth-order valence-electron chi connectivity index (χ4n) is 4.78. The first kappa shape index (κ1) is 28.7. The third-order valence-electron chi connectivity index (χ3n) is 6.46. The molecule has 206 valence electrons. The number of non-ortho nitro benzene ring substituents is 1. The topological polar surface area (TPSA) is 140 Å². The summed E-state index contributed by atoms with van der Waals surface area (Å²) in [4.78, 5) is 51.4. The molecule has 1 aromatic carbocycles. The lowest BCUT2D eigenvalue weighted by molar-refractivity contribution is -0.384. The number of allylic oxidation sites excluding steroid dienone is 2. The number of carbonyl (C=O) groups excluding carboxylic acids is 3. The first-order chi connectivity index (χ1) is 18.0. The predicted molar refractivity (Wildman–Crippen MR) is 137 cm³/mol. The van der Waals surface area contributed by atoms with E-state index < -0.39 is 22.8 Å². The molecular weight excluding hydrogens is 494 g/mol. The van der Waals surface area contributed by atoms with Crippen LogP contribution >= 0.6 is 0 Å². The van der Waals surface area contributed by atoms with Crippen molar-refractivity contribution >= 4 is 23.7 Å². The number of amides is 1. The van der Waals surface area contributed by atoms with Gasteiger partial charge in [-0.25, -0.2) is 14.4 Å². The van der Waals surface area contributed by atoms with E-state index in [1.807, 2.05) is 0 Å². The summed E-state index contributed by atoms with van der Waals surface area (Å²) in [6, 6.07) is 6.28. The van der Waals surface area contributed by atoms with Crippen LogP contribution in [0.1, 0.15) is 78.2 Å². The minimum atomic E-state index is -0.841. The van der Waals surface area contributed by atoms with Gasteiger partial charge in [0.15, 0.2) is 0 Å². The van der Waals surface area contributed by atoms with Crippen LogP contribution in [0, 0.1) is 10.1 Å². The van der Waals surface area contributed by atoms with Gasteiger partial charge in [0.2, 0.25) is 0 Å². The minimum Gasteiger partial charge on any atom is -0.463 e. The fourth-order valence-corrected chi connectivity index (χ4v) is 4.78. The molecule has 11 heteroatoms. The van der Waals surface area contributed by atoms with Crippen LogP contribution in [0.3, 0.4) is 0 Å². The lowest BCUT2D eigenvalue weighted by Crippen LogP contribution is -2.33. The van der Waals surface area contributed by atoms with E-state index in [2.05, 4.69) is 10.2 Å². The van der Waals surface area contributed by atoms with Gasteiger partial charge in [-0.2, -0.15) is 0 Å². The van der Waals surface area contributed by atoms with Crippen LogP contribution in [0.2, 0.25) is 0 Å². The lowest BCUT2D eigenvalue weighted by Gasteiger charge is -2.30. The molecule has 1 aliphatic carbocycles. The molecule has 0 aromatic heterocycles. The van der Waals surface area contributed by atoms with Crippen molar-refractivity contribution in [1.29, 1.82) is 0 Å². The Labute approximate surface area is 221 Å². The Bertz CT molecular complexity index is 1150. The van der Waals surface area contributed by atoms with Crippen LogP contribution in [0.25, 0.3) is 0 Å². The second-order valence-electron chi connectivity index (χ2n) is 9.64.